The van der Waals surface area contributed by atoms with Crippen LogP contribution in [0.2, 0.25) is 0 Å². The van der Waals surface area contributed by atoms with Crippen LogP contribution in [-0.4, -0.2) is 18.3 Å². The van der Waals surface area contributed by atoms with E-state index in [1.54, 1.807) is 12.1 Å². The molecule has 1 rings (SSSR count). The van der Waals surface area contributed by atoms with Crippen molar-refractivity contribution in [3.05, 3.63) is 29.6 Å². The Bertz CT molecular complexity index is 330. The lowest BCUT2D eigenvalue weighted by Crippen LogP contribution is -2.26. The van der Waals surface area contributed by atoms with Gasteiger partial charge in [-0.3, -0.25) is 0 Å². The molecule has 2 atom stereocenters. The van der Waals surface area contributed by atoms with Crippen molar-refractivity contribution < 1.29 is 14.2 Å². The topological polar surface area (TPSA) is 55.5 Å². The Balaban J connectivity index is 3.07. The molecular formula is C11H16FNO2. The standard InChI is InChI=1S/C11H16FNO2/c1-3-9(14)10(13)7-5-4-6-8(12)11(7)15-2/h4-6,9-10,14H,3,13H2,1-2H3/t9-,10+/m0/s1. The van der Waals surface area contributed by atoms with Crippen molar-refractivity contribution in [1.29, 1.82) is 0 Å². The van der Waals surface area contributed by atoms with Crippen molar-refractivity contribution in [2.75, 3.05) is 7.11 Å². The minimum absolute atomic E-state index is 0.109. The molecule has 0 aliphatic heterocycles. The van der Waals surface area contributed by atoms with Crippen molar-refractivity contribution in [2.45, 2.75) is 25.5 Å². The van der Waals surface area contributed by atoms with E-state index in [0.29, 0.717) is 12.0 Å². The Morgan fingerprint density at radius 3 is 2.73 bits per heavy atom. The van der Waals surface area contributed by atoms with E-state index in [1.807, 2.05) is 6.92 Å². The van der Waals surface area contributed by atoms with Gasteiger partial charge in [0.1, 0.15) is 0 Å². The highest BCUT2D eigenvalue weighted by molar-refractivity contribution is 5.37. The molecule has 3 nitrogen and oxygen atoms in total. The minimum atomic E-state index is -0.694. The molecule has 0 heterocycles. The van der Waals surface area contributed by atoms with Crippen LogP contribution in [0.1, 0.15) is 24.9 Å². The molecule has 0 aromatic heterocycles. The number of rotatable bonds is 4. The van der Waals surface area contributed by atoms with Gasteiger partial charge in [0.2, 0.25) is 0 Å². The smallest absolute Gasteiger partial charge is 0.165 e. The van der Waals surface area contributed by atoms with Crippen LogP contribution in [0.15, 0.2) is 18.2 Å². The summed E-state index contributed by atoms with van der Waals surface area (Å²) in [5, 5.41) is 9.59. The molecule has 0 radical (unpaired) electrons. The second-order valence-corrected chi connectivity index (χ2v) is 3.36. The molecule has 0 saturated heterocycles. The largest absolute Gasteiger partial charge is 0.493 e. The SMILES string of the molecule is CC[C@H](O)[C@H](N)c1cccc(F)c1OC. The molecule has 3 N–H and O–H groups in total. The van der Waals surface area contributed by atoms with Crippen molar-refractivity contribution in [2.24, 2.45) is 5.73 Å². The summed E-state index contributed by atoms with van der Waals surface area (Å²) in [5.41, 5.74) is 6.29. The molecule has 1 aromatic rings. The predicted molar refractivity (Wildman–Crippen MR) is 56.2 cm³/mol. The average Bonchev–Trinajstić information content (AvgIpc) is 2.26. The molecule has 1 aromatic carbocycles. The lowest BCUT2D eigenvalue weighted by Gasteiger charge is -2.20. The van der Waals surface area contributed by atoms with Gasteiger partial charge in [0, 0.05) is 5.56 Å². The Kier molecular flexibility index (Phi) is 4.05. The number of aliphatic hydroxyl groups excluding tert-OH is 1. The Labute approximate surface area is 88.7 Å². The molecule has 0 fully saturated rings. The third-order valence-corrected chi connectivity index (χ3v) is 2.39. The Hall–Kier alpha value is -1.13. The molecule has 0 amide bonds. The fraction of sp³-hybridized carbons (Fsp3) is 0.455. The lowest BCUT2D eigenvalue weighted by molar-refractivity contribution is 0.139. The van der Waals surface area contributed by atoms with E-state index in [9.17, 15) is 9.50 Å². The zero-order valence-corrected chi connectivity index (χ0v) is 8.90. The number of hydrogen-bond acceptors (Lipinski definition) is 3. The van der Waals surface area contributed by atoms with Crippen LogP contribution in [0.3, 0.4) is 0 Å². The zero-order valence-electron chi connectivity index (χ0n) is 8.90. The fourth-order valence-corrected chi connectivity index (χ4v) is 1.46. The first kappa shape index (κ1) is 11.9. The highest BCUT2D eigenvalue weighted by atomic mass is 19.1. The first-order chi connectivity index (χ1) is 7.11. The quantitative estimate of drug-likeness (QED) is 0.798. The Morgan fingerprint density at radius 1 is 1.53 bits per heavy atom. The summed E-state index contributed by atoms with van der Waals surface area (Å²) in [6.45, 7) is 1.82. The predicted octanol–water partition coefficient (Wildman–Crippen LogP) is 1.61. The van der Waals surface area contributed by atoms with Crippen LogP contribution in [0, 0.1) is 5.82 Å². The third-order valence-electron chi connectivity index (χ3n) is 2.39. The van der Waals surface area contributed by atoms with Gasteiger partial charge in [-0.05, 0) is 12.5 Å². The van der Waals surface area contributed by atoms with Crippen LogP contribution < -0.4 is 10.5 Å². The maximum atomic E-state index is 13.3. The number of para-hydroxylation sites is 1. The second kappa shape index (κ2) is 5.09. The summed E-state index contributed by atoms with van der Waals surface area (Å²) < 4.78 is 18.2. The summed E-state index contributed by atoms with van der Waals surface area (Å²) in [7, 11) is 1.38. The van der Waals surface area contributed by atoms with Gasteiger partial charge in [-0.2, -0.15) is 0 Å². The molecule has 0 unspecified atom stereocenters. The number of methoxy groups -OCH3 is 1. The Morgan fingerprint density at radius 2 is 2.20 bits per heavy atom. The van der Waals surface area contributed by atoms with Gasteiger partial charge in [0.15, 0.2) is 11.6 Å². The number of benzene rings is 1. The van der Waals surface area contributed by atoms with Gasteiger partial charge in [0.25, 0.3) is 0 Å². The van der Waals surface area contributed by atoms with E-state index in [-0.39, 0.29) is 5.75 Å². The average molecular weight is 213 g/mol. The van der Waals surface area contributed by atoms with Gasteiger partial charge in [-0.1, -0.05) is 19.1 Å². The van der Waals surface area contributed by atoms with E-state index in [2.05, 4.69) is 0 Å². The van der Waals surface area contributed by atoms with Crippen LogP contribution in [-0.2, 0) is 0 Å². The van der Waals surface area contributed by atoms with Crippen LogP contribution >= 0.6 is 0 Å². The van der Waals surface area contributed by atoms with Gasteiger partial charge >= 0.3 is 0 Å². The van der Waals surface area contributed by atoms with Crippen LogP contribution in [0.5, 0.6) is 5.75 Å². The summed E-state index contributed by atoms with van der Waals surface area (Å²) in [5.74, 6) is -0.355. The summed E-state index contributed by atoms with van der Waals surface area (Å²) >= 11 is 0. The van der Waals surface area contributed by atoms with Gasteiger partial charge < -0.3 is 15.6 Å². The molecule has 4 heteroatoms. The van der Waals surface area contributed by atoms with E-state index < -0.39 is 18.0 Å². The molecule has 84 valence electrons. The normalized spacial score (nSPS) is 14.7. The fourth-order valence-electron chi connectivity index (χ4n) is 1.46. The van der Waals surface area contributed by atoms with Crippen LogP contribution in [0.25, 0.3) is 0 Å². The number of ether oxygens (including phenoxy) is 1. The zero-order chi connectivity index (χ0) is 11.4. The van der Waals surface area contributed by atoms with Crippen LogP contribution in [0.4, 0.5) is 4.39 Å². The van der Waals surface area contributed by atoms with Crippen molar-refractivity contribution in [1.82, 2.24) is 0 Å². The number of hydrogen-bond donors (Lipinski definition) is 2. The third kappa shape index (κ3) is 2.46. The minimum Gasteiger partial charge on any atom is -0.493 e. The first-order valence-electron chi connectivity index (χ1n) is 4.87. The molecule has 0 aliphatic carbocycles. The maximum Gasteiger partial charge on any atom is 0.165 e. The first-order valence-corrected chi connectivity index (χ1v) is 4.87. The molecule has 0 bridgehead atoms. The van der Waals surface area contributed by atoms with Crippen molar-refractivity contribution in [3.63, 3.8) is 0 Å². The summed E-state index contributed by atoms with van der Waals surface area (Å²) in [6, 6.07) is 3.88. The molecular weight excluding hydrogens is 197 g/mol. The van der Waals surface area contributed by atoms with E-state index in [4.69, 9.17) is 10.5 Å². The number of halogens is 1. The number of nitrogens with two attached hydrogens (primary N) is 1. The van der Waals surface area contributed by atoms with E-state index in [0.717, 1.165) is 0 Å². The van der Waals surface area contributed by atoms with E-state index >= 15 is 0 Å². The summed E-state index contributed by atoms with van der Waals surface area (Å²) in [6.07, 6.45) is -0.179. The van der Waals surface area contributed by atoms with Gasteiger partial charge in [-0.15, -0.1) is 0 Å². The molecule has 0 saturated carbocycles. The molecule has 15 heavy (non-hydrogen) atoms. The maximum absolute atomic E-state index is 13.3. The van der Waals surface area contributed by atoms with Gasteiger partial charge in [-0.25, -0.2) is 4.39 Å². The van der Waals surface area contributed by atoms with E-state index in [1.165, 1.54) is 13.2 Å². The summed E-state index contributed by atoms with van der Waals surface area (Å²) in [4.78, 5) is 0. The van der Waals surface area contributed by atoms with Crippen molar-refractivity contribution >= 4 is 0 Å². The molecule has 0 aliphatic rings. The highest BCUT2D eigenvalue weighted by Crippen LogP contribution is 2.28. The monoisotopic (exact) mass is 213 g/mol. The van der Waals surface area contributed by atoms with Gasteiger partial charge in [0.05, 0.1) is 19.3 Å². The second-order valence-electron chi connectivity index (χ2n) is 3.36. The molecule has 0 spiro atoms. The number of aliphatic hydroxyl groups is 1. The van der Waals surface area contributed by atoms with Crippen molar-refractivity contribution in [3.8, 4) is 5.75 Å². The highest BCUT2D eigenvalue weighted by Gasteiger charge is 2.20. The lowest BCUT2D eigenvalue weighted by atomic mass is 9.99.